The number of nitrogens with zero attached hydrogens (tertiary/aromatic N) is 1. The number of fused-ring (bicyclic) bond motifs is 1. The first-order chi connectivity index (χ1) is 10.1. The molecular weight excluding hydrogens is 274 g/mol. The zero-order chi connectivity index (χ0) is 15.0. The minimum Gasteiger partial charge on any atom is -0.508 e. The van der Waals surface area contributed by atoms with Crippen LogP contribution in [0.15, 0.2) is 42.5 Å². The fourth-order valence-corrected chi connectivity index (χ4v) is 2.29. The van der Waals surface area contributed by atoms with Crippen LogP contribution in [0.2, 0.25) is 0 Å². The van der Waals surface area contributed by atoms with Gasteiger partial charge in [0.1, 0.15) is 12.4 Å². The zero-order valence-electron chi connectivity index (χ0n) is 10.8. The summed E-state index contributed by atoms with van der Waals surface area (Å²) in [6.07, 6.45) is 0. The van der Waals surface area contributed by atoms with E-state index in [-0.39, 0.29) is 17.9 Å². The van der Waals surface area contributed by atoms with Crippen molar-refractivity contribution >= 4 is 17.5 Å². The number of hydrogen-bond donors (Lipinski definition) is 2. The van der Waals surface area contributed by atoms with E-state index >= 15 is 0 Å². The SMILES string of the molecule is O=C1c2ccc(COO)cc2C(=O)N1c1ccc(O)cc1. The van der Waals surface area contributed by atoms with Crippen LogP contribution in [0, 0.1) is 0 Å². The number of benzene rings is 2. The smallest absolute Gasteiger partial charge is 0.266 e. The Hall–Kier alpha value is -2.70. The van der Waals surface area contributed by atoms with E-state index in [1.165, 1.54) is 36.4 Å². The van der Waals surface area contributed by atoms with Crippen molar-refractivity contribution in [2.75, 3.05) is 4.90 Å². The van der Waals surface area contributed by atoms with Gasteiger partial charge in [-0.2, -0.15) is 0 Å². The van der Waals surface area contributed by atoms with Gasteiger partial charge in [-0.05, 0) is 42.0 Å². The monoisotopic (exact) mass is 285 g/mol. The number of anilines is 1. The largest absolute Gasteiger partial charge is 0.508 e. The predicted octanol–water partition coefficient (Wildman–Crippen LogP) is 2.18. The fourth-order valence-electron chi connectivity index (χ4n) is 2.29. The summed E-state index contributed by atoms with van der Waals surface area (Å²) in [5.41, 5.74) is 1.54. The minimum absolute atomic E-state index is 0.0535. The van der Waals surface area contributed by atoms with E-state index in [1.54, 1.807) is 6.07 Å². The summed E-state index contributed by atoms with van der Waals surface area (Å²) in [7, 11) is 0. The maximum Gasteiger partial charge on any atom is 0.266 e. The van der Waals surface area contributed by atoms with Gasteiger partial charge in [0, 0.05) is 0 Å². The minimum atomic E-state index is -0.444. The van der Waals surface area contributed by atoms with Crippen molar-refractivity contribution in [3.05, 3.63) is 59.2 Å². The summed E-state index contributed by atoms with van der Waals surface area (Å²) in [5, 5.41) is 17.7. The van der Waals surface area contributed by atoms with Crippen molar-refractivity contribution in [2.24, 2.45) is 0 Å². The van der Waals surface area contributed by atoms with Crippen LogP contribution in [-0.4, -0.2) is 22.2 Å². The highest BCUT2D eigenvalue weighted by Gasteiger charge is 2.36. The molecule has 2 aromatic rings. The number of carbonyl (C=O) groups is 2. The Morgan fingerprint density at radius 2 is 1.62 bits per heavy atom. The van der Waals surface area contributed by atoms with E-state index in [0.717, 1.165) is 4.90 Å². The van der Waals surface area contributed by atoms with Crippen molar-refractivity contribution in [2.45, 2.75) is 6.61 Å². The Labute approximate surface area is 119 Å². The molecule has 6 nitrogen and oxygen atoms in total. The second-order valence-electron chi connectivity index (χ2n) is 4.62. The van der Waals surface area contributed by atoms with Gasteiger partial charge in [0.05, 0.1) is 16.8 Å². The lowest BCUT2D eigenvalue weighted by Crippen LogP contribution is -2.29. The predicted molar refractivity (Wildman–Crippen MR) is 73.1 cm³/mol. The molecule has 2 N–H and O–H groups in total. The van der Waals surface area contributed by atoms with E-state index < -0.39 is 11.8 Å². The molecule has 1 aliphatic heterocycles. The second kappa shape index (κ2) is 5.01. The lowest BCUT2D eigenvalue weighted by atomic mass is 10.1. The number of imide groups is 1. The highest BCUT2D eigenvalue weighted by Crippen LogP contribution is 2.30. The molecule has 2 amide bonds. The van der Waals surface area contributed by atoms with Crippen molar-refractivity contribution in [3.63, 3.8) is 0 Å². The van der Waals surface area contributed by atoms with Crippen LogP contribution in [0.1, 0.15) is 26.3 Å². The molecule has 1 heterocycles. The molecule has 0 aliphatic carbocycles. The number of amides is 2. The van der Waals surface area contributed by atoms with Crippen LogP contribution in [0.5, 0.6) is 5.75 Å². The number of aromatic hydroxyl groups is 1. The molecule has 0 radical (unpaired) electrons. The average Bonchev–Trinajstić information content (AvgIpc) is 2.72. The highest BCUT2D eigenvalue weighted by molar-refractivity contribution is 6.34. The first-order valence-electron chi connectivity index (χ1n) is 6.19. The number of carbonyl (C=O) groups excluding carboxylic acids is 2. The van der Waals surface area contributed by atoms with E-state index in [0.29, 0.717) is 16.8 Å². The Balaban J connectivity index is 2.02. The van der Waals surface area contributed by atoms with Gasteiger partial charge in [-0.15, -0.1) is 0 Å². The molecule has 0 saturated carbocycles. The van der Waals surface area contributed by atoms with Gasteiger partial charge in [-0.25, -0.2) is 9.79 Å². The zero-order valence-corrected chi connectivity index (χ0v) is 10.8. The molecule has 106 valence electrons. The van der Waals surface area contributed by atoms with Crippen LogP contribution in [0.3, 0.4) is 0 Å². The van der Waals surface area contributed by atoms with Gasteiger partial charge in [0.15, 0.2) is 0 Å². The standard InChI is InChI=1S/C15H11NO5/c17-11-4-2-10(3-5-11)16-14(18)12-6-1-9(8-21-20)7-13(12)15(16)19/h1-7,17,20H,8H2. The third-order valence-electron chi connectivity index (χ3n) is 3.29. The van der Waals surface area contributed by atoms with Crippen LogP contribution in [-0.2, 0) is 11.5 Å². The number of rotatable bonds is 3. The molecule has 0 spiro atoms. The first-order valence-corrected chi connectivity index (χ1v) is 6.19. The summed E-state index contributed by atoms with van der Waals surface area (Å²) in [6.45, 7) is -0.0615. The average molecular weight is 285 g/mol. The molecule has 0 atom stereocenters. The third-order valence-corrected chi connectivity index (χ3v) is 3.29. The maximum absolute atomic E-state index is 12.4. The summed E-state index contributed by atoms with van der Waals surface area (Å²) in [4.78, 5) is 29.8. The number of hydrogen-bond acceptors (Lipinski definition) is 5. The molecule has 0 bridgehead atoms. The van der Waals surface area contributed by atoms with E-state index in [1.807, 2.05) is 0 Å². The van der Waals surface area contributed by atoms with Gasteiger partial charge < -0.3 is 5.11 Å². The Morgan fingerprint density at radius 3 is 2.29 bits per heavy atom. The maximum atomic E-state index is 12.4. The van der Waals surface area contributed by atoms with E-state index in [9.17, 15) is 14.7 Å². The Bertz CT molecular complexity index is 723. The van der Waals surface area contributed by atoms with Crippen molar-refractivity contribution in [1.82, 2.24) is 0 Å². The molecular formula is C15H11NO5. The van der Waals surface area contributed by atoms with Crippen molar-refractivity contribution in [1.29, 1.82) is 0 Å². The quantitative estimate of drug-likeness (QED) is 0.513. The summed E-state index contributed by atoms with van der Waals surface area (Å²) < 4.78 is 0. The van der Waals surface area contributed by atoms with Gasteiger partial charge >= 0.3 is 0 Å². The molecule has 6 heteroatoms. The van der Waals surface area contributed by atoms with Crippen molar-refractivity contribution in [3.8, 4) is 5.75 Å². The number of phenols is 1. The lowest BCUT2D eigenvalue weighted by Gasteiger charge is -2.13. The number of phenolic OH excluding ortho intramolecular Hbond substituents is 1. The molecule has 0 fully saturated rings. The third kappa shape index (κ3) is 2.16. The lowest BCUT2D eigenvalue weighted by molar-refractivity contribution is -0.253. The van der Waals surface area contributed by atoms with Gasteiger partial charge in [-0.1, -0.05) is 6.07 Å². The van der Waals surface area contributed by atoms with Crippen LogP contribution >= 0.6 is 0 Å². The molecule has 3 rings (SSSR count). The topological polar surface area (TPSA) is 87.1 Å². The van der Waals surface area contributed by atoms with Gasteiger partial charge in [0.2, 0.25) is 0 Å². The van der Waals surface area contributed by atoms with Crippen molar-refractivity contribution < 1.29 is 24.8 Å². The second-order valence-corrected chi connectivity index (χ2v) is 4.62. The Kier molecular flexibility index (Phi) is 3.17. The highest BCUT2D eigenvalue weighted by atomic mass is 17.1. The normalized spacial score (nSPS) is 13.7. The molecule has 0 unspecified atom stereocenters. The summed E-state index contributed by atoms with van der Waals surface area (Å²) in [5.74, 6) is -0.810. The first kappa shape index (κ1) is 13.3. The molecule has 0 saturated heterocycles. The Morgan fingerprint density at radius 1 is 0.952 bits per heavy atom. The molecule has 21 heavy (non-hydrogen) atoms. The summed E-state index contributed by atoms with van der Waals surface area (Å²) >= 11 is 0. The van der Waals surface area contributed by atoms with Gasteiger partial charge in [0.25, 0.3) is 11.8 Å². The fraction of sp³-hybridized carbons (Fsp3) is 0.0667. The van der Waals surface area contributed by atoms with E-state index in [4.69, 9.17) is 5.26 Å². The van der Waals surface area contributed by atoms with Crippen LogP contribution in [0.4, 0.5) is 5.69 Å². The van der Waals surface area contributed by atoms with Crippen LogP contribution in [0.25, 0.3) is 0 Å². The summed E-state index contributed by atoms with van der Waals surface area (Å²) in [6, 6.07) is 10.5. The van der Waals surface area contributed by atoms with E-state index in [2.05, 4.69) is 4.89 Å². The molecule has 2 aromatic carbocycles. The van der Waals surface area contributed by atoms with Crippen LogP contribution < -0.4 is 4.90 Å². The molecule has 0 aromatic heterocycles. The van der Waals surface area contributed by atoms with Gasteiger partial charge in [-0.3, -0.25) is 14.8 Å². The molecule has 1 aliphatic rings.